The molecule has 0 aliphatic rings. The fourth-order valence-corrected chi connectivity index (χ4v) is 1.43. The summed E-state index contributed by atoms with van der Waals surface area (Å²) in [5.74, 6) is 0.431. The number of carbonyl (C=O) groups excluding carboxylic acids is 1. The predicted octanol–water partition coefficient (Wildman–Crippen LogP) is 3.50. The maximum absolute atomic E-state index is 10.4. The molecule has 0 amide bonds. The lowest BCUT2D eigenvalue weighted by Crippen LogP contribution is -1.96. The van der Waals surface area contributed by atoms with E-state index in [-0.39, 0.29) is 0 Å². The van der Waals surface area contributed by atoms with Gasteiger partial charge < -0.3 is 4.74 Å². The molecule has 0 aromatic heterocycles. The standard InChI is InChI=1S/C8H6BrClO2/c1-5-2-3-7(6(9)4-5)12-8(10)11/h2-4H,1H3. The molecule has 0 aliphatic carbocycles. The predicted molar refractivity (Wildman–Crippen MR) is 50.8 cm³/mol. The number of halogens is 2. The van der Waals surface area contributed by atoms with Crippen LogP contribution < -0.4 is 4.74 Å². The van der Waals surface area contributed by atoms with Gasteiger partial charge in [0, 0.05) is 11.6 Å². The summed E-state index contributed by atoms with van der Waals surface area (Å²) in [5, 5.41) is 0. The molecule has 1 rings (SSSR count). The summed E-state index contributed by atoms with van der Waals surface area (Å²) in [6.07, 6.45) is 0. The smallest absolute Gasteiger partial charge is 0.409 e. The highest BCUT2D eigenvalue weighted by molar-refractivity contribution is 9.10. The molecule has 0 heterocycles. The number of hydrogen-bond donors (Lipinski definition) is 0. The van der Waals surface area contributed by atoms with E-state index >= 15 is 0 Å². The van der Waals surface area contributed by atoms with Gasteiger partial charge in [-0.2, -0.15) is 0 Å². The zero-order valence-corrected chi connectivity index (χ0v) is 8.65. The van der Waals surface area contributed by atoms with Gasteiger partial charge in [-0.15, -0.1) is 0 Å². The third-order valence-electron chi connectivity index (χ3n) is 1.28. The van der Waals surface area contributed by atoms with Crippen LogP contribution in [0.1, 0.15) is 5.56 Å². The van der Waals surface area contributed by atoms with Crippen molar-refractivity contribution in [2.75, 3.05) is 0 Å². The van der Waals surface area contributed by atoms with Crippen LogP contribution in [0.2, 0.25) is 0 Å². The molecule has 0 fully saturated rings. The third kappa shape index (κ3) is 2.50. The molecule has 0 unspecified atom stereocenters. The van der Waals surface area contributed by atoms with E-state index in [1.165, 1.54) is 0 Å². The van der Waals surface area contributed by atoms with Crippen LogP contribution in [-0.4, -0.2) is 5.43 Å². The van der Waals surface area contributed by atoms with Crippen LogP contribution >= 0.6 is 27.5 Å². The second kappa shape index (κ2) is 3.92. The minimum atomic E-state index is -0.834. The fourth-order valence-electron chi connectivity index (χ4n) is 0.775. The van der Waals surface area contributed by atoms with Crippen molar-refractivity contribution in [1.29, 1.82) is 0 Å². The Morgan fingerprint density at radius 1 is 1.58 bits per heavy atom. The fraction of sp³-hybridized carbons (Fsp3) is 0.125. The van der Waals surface area contributed by atoms with E-state index in [1.54, 1.807) is 6.07 Å². The van der Waals surface area contributed by atoms with Crippen molar-refractivity contribution in [3.05, 3.63) is 28.2 Å². The van der Waals surface area contributed by atoms with Crippen molar-refractivity contribution >= 4 is 33.0 Å². The van der Waals surface area contributed by atoms with Gasteiger partial charge in [0.05, 0.1) is 4.47 Å². The molecule has 0 aliphatic heterocycles. The first-order valence-corrected chi connectivity index (χ1v) is 4.40. The summed E-state index contributed by atoms with van der Waals surface area (Å²) in [6, 6.07) is 5.36. The van der Waals surface area contributed by atoms with E-state index in [1.807, 2.05) is 19.1 Å². The molecular weight excluding hydrogens is 243 g/mol. The van der Waals surface area contributed by atoms with E-state index in [4.69, 9.17) is 11.6 Å². The number of aryl methyl sites for hydroxylation is 1. The molecule has 0 bridgehead atoms. The molecule has 0 spiro atoms. The lowest BCUT2D eigenvalue weighted by atomic mass is 10.2. The first-order valence-electron chi connectivity index (χ1n) is 3.23. The highest BCUT2D eigenvalue weighted by atomic mass is 79.9. The van der Waals surface area contributed by atoms with Gasteiger partial charge >= 0.3 is 5.43 Å². The molecule has 1 aromatic rings. The average molecular weight is 249 g/mol. The minimum Gasteiger partial charge on any atom is -0.413 e. The summed E-state index contributed by atoms with van der Waals surface area (Å²) < 4.78 is 5.40. The van der Waals surface area contributed by atoms with E-state index in [0.717, 1.165) is 10.0 Å². The van der Waals surface area contributed by atoms with E-state index in [9.17, 15) is 4.79 Å². The van der Waals surface area contributed by atoms with Gasteiger partial charge in [-0.1, -0.05) is 6.07 Å². The largest absolute Gasteiger partial charge is 0.413 e. The molecule has 4 heteroatoms. The number of benzene rings is 1. The van der Waals surface area contributed by atoms with Gasteiger partial charge in [-0.25, -0.2) is 4.79 Å². The van der Waals surface area contributed by atoms with Crippen LogP contribution in [0.15, 0.2) is 22.7 Å². The Hall–Kier alpha value is -0.540. The zero-order chi connectivity index (χ0) is 9.14. The van der Waals surface area contributed by atoms with Crippen molar-refractivity contribution < 1.29 is 9.53 Å². The molecule has 64 valence electrons. The number of carbonyl (C=O) groups is 1. The van der Waals surface area contributed by atoms with Crippen molar-refractivity contribution in [2.45, 2.75) is 6.92 Å². The van der Waals surface area contributed by atoms with Gasteiger partial charge in [0.25, 0.3) is 0 Å². The minimum absolute atomic E-state index is 0.431. The normalized spacial score (nSPS) is 9.58. The van der Waals surface area contributed by atoms with Crippen molar-refractivity contribution in [1.82, 2.24) is 0 Å². The molecule has 12 heavy (non-hydrogen) atoms. The van der Waals surface area contributed by atoms with Gasteiger partial charge in [0.1, 0.15) is 5.75 Å². The Labute approximate surface area is 83.6 Å². The van der Waals surface area contributed by atoms with Crippen molar-refractivity contribution in [2.24, 2.45) is 0 Å². The Morgan fingerprint density at radius 2 is 2.25 bits per heavy atom. The molecule has 0 atom stereocenters. The Bertz CT molecular complexity index is 312. The lowest BCUT2D eigenvalue weighted by Gasteiger charge is -2.02. The molecule has 0 N–H and O–H groups in total. The van der Waals surface area contributed by atoms with Crippen LogP contribution in [0.4, 0.5) is 4.79 Å². The van der Waals surface area contributed by atoms with Crippen LogP contribution in [0.3, 0.4) is 0 Å². The van der Waals surface area contributed by atoms with Crippen LogP contribution in [0.25, 0.3) is 0 Å². The number of rotatable bonds is 1. The molecule has 0 saturated heterocycles. The Balaban J connectivity index is 2.93. The number of hydrogen-bond acceptors (Lipinski definition) is 2. The maximum Gasteiger partial charge on any atom is 0.409 e. The second-order valence-electron chi connectivity index (χ2n) is 2.27. The summed E-state index contributed by atoms with van der Waals surface area (Å²) in [6.45, 7) is 1.94. The zero-order valence-electron chi connectivity index (χ0n) is 6.30. The van der Waals surface area contributed by atoms with Gasteiger partial charge in [0.2, 0.25) is 0 Å². The Morgan fingerprint density at radius 3 is 2.75 bits per heavy atom. The molecule has 1 aromatic carbocycles. The highest BCUT2D eigenvalue weighted by Gasteiger charge is 2.04. The molecule has 0 saturated carbocycles. The Kier molecular flexibility index (Phi) is 3.12. The van der Waals surface area contributed by atoms with E-state index < -0.39 is 5.43 Å². The van der Waals surface area contributed by atoms with Crippen molar-refractivity contribution in [3.63, 3.8) is 0 Å². The average Bonchev–Trinajstić information content (AvgIpc) is 1.94. The highest BCUT2D eigenvalue weighted by Crippen LogP contribution is 2.26. The van der Waals surface area contributed by atoms with Gasteiger partial charge in [0.15, 0.2) is 0 Å². The van der Waals surface area contributed by atoms with Crippen molar-refractivity contribution in [3.8, 4) is 5.75 Å². The van der Waals surface area contributed by atoms with E-state index in [2.05, 4.69) is 20.7 Å². The van der Waals surface area contributed by atoms with E-state index in [0.29, 0.717) is 5.75 Å². The third-order valence-corrected chi connectivity index (χ3v) is 1.97. The van der Waals surface area contributed by atoms with Gasteiger partial charge in [-0.05, 0) is 40.5 Å². The number of ether oxygens (including phenoxy) is 1. The lowest BCUT2D eigenvalue weighted by molar-refractivity contribution is 0.225. The van der Waals surface area contributed by atoms with Crippen LogP contribution in [-0.2, 0) is 0 Å². The SMILES string of the molecule is Cc1ccc(OC(=O)Cl)c(Br)c1. The van der Waals surface area contributed by atoms with Gasteiger partial charge in [-0.3, -0.25) is 0 Å². The second-order valence-corrected chi connectivity index (χ2v) is 3.44. The molecular formula is C8H6BrClO2. The molecule has 2 nitrogen and oxygen atoms in total. The van der Waals surface area contributed by atoms with Crippen LogP contribution in [0, 0.1) is 6.92 Å². The summed E-state index contributed by atoms with van der Waals surface area (Å²) in [5.41, 5.74) is 0.246. The first kappa shape index (κ1) is 9.55. The first-order chi connectivity index (χ1) is 5.59. The molecule has 0 radical (unpaired) electrons. The summed E-state index contributed by atoms with van der Waals surface area (Å²) in [4.78, 5) is 10.4. The maximum atomic E-state index is 10.4. The monoisotopic (exact) mass is 248 g/mol. The summed E-state index contributed by atoms with van der Waals surface area (Å²) >= 11 is 8.28. The topological polar surface area (TPSA) is 26.3 Å². The summed E-state index contributed by atoms with van der Waals surface area (Å²) in [7, 11) is 0. The quantitative estimate of drug-likeness (QED) is 0.712. The van der Waals surface area contributed by atoms with Crippen LogP contribution in [0.5, 0.6) is 5.75 Å².